The molecule has 2 rings (SSSR count). The molecule has 11 heteroatoms. The van der Waals surface area contributed by atoms with E-state index in [-0.39, 0.29) is 16.7 Å². The predicted molar refractivity (Wildman–Crippen MR) is 120 cm³/mol. The lowest BCUT2D eigenvalue weighted by Crippen LogP contribution is -2.23. The summed E-state index contributed by atoms with van der Waals surface area (Å²) >= 11 is 9.51. The second-order valence-corrected chi connectivity index (χ2v) is 10.00. The largest absolute Gasteiger partial charge is 0.559 e. The van der Waals surface area contributed by atoms with Gasteiger partial charge in [0.05, 0.1) is 15.4 Å². The van der Waals surface area contributed by atoms with Crippen LogP contribution in [0.5, 0.6) is 11.5 Å². The van der Waals surface area contributed by atoms with Gasteiger partial charge in [-0.2, -0.15) is 0 Å². The molecule has 0 N–H and O–H groups in total. The highest BCUT2D eigenvalue weighted by molar-refractivity contribution is 9.10. The van der Waals surface area contributed by atoms with Crippen molar-refractivity contribution in [2.45, 2.75) is 34.1 Å². The SMILES string of the molecule is CCc1cc([N+](=O)[O-])c([P+](=O)OCOC(=O)C(C)(C)C)cc1Oc1ccc(Br)cc1Cl. The van der Waals surface area contributed by atoms with Gasteiger partial charge in [-0.1, -0.05) is 39.0 Å². The van der Waals surface area contributed by atoms with Gasteiger partial charge in [0, 0.05) is 22.2 Å². The molecule has 2 aromatic carbocycles. The summed E-state index contributed by atoms with van der Waals surface area (Å²) in [6.07, 6.45) is 0.422. The van der Waals surface area contributed by atoms with Crippen molar-refractivity contribution in [3.05, 3.63) is 55.5 Å². The Bertz CT molecular complexity index is 1020. The van der Waals surface area contributed by atoms with Gasteiger partial charge in [-0.3, -0.25) is 14.9 Å². The second-order valence-electron chi connectivity index (χ2n) is 7.42. The Morgan fingerprint density at radius 3 is 2.45 bits per heavy atom. The van der Waals surface area contributed by atoms with Crippen molar-refractivity contribution in [3.63, 3.8) is 0 Å². The monoisotopic (exact) mass is 532 g/mol. The van der Waals surface area contributed by atoms with Crippen LogP contribution in [0.1, 0.15) is 33.3 Å². The fraction of sp³-hybridized carbons (Fsp3) is 0.350. The third-order valence-electron chi connectivity index (χ3n) is 4.02. The average Bonchev–Trinajstić information content (AvgIpc) is 2.68. The third-order valence-corrected chi connectivity index (χ3v) is 5.90. The number of ether oxygens (including phenoxy) is 2. The molecular weight excluding hydrogens is 513 g/mol. The molecule has 0 amide bonds. The van der Waals surface area contributed by atoms with Gasteiger partial charge in [0.2, 0.25) is 6.79 Å². The number of nitro benzene ring substituents is 1. The average molecular weight is 534 g/mol. The smallest absolute Gasteiger partial charge is 0.455 e. The minimum Gasteiger partial charge on any atom is -0.455 e. The number of benzene rings is 2. The van der Waals surface area contributed by atoms with E-state index in [2.05, 4.69) is 15.9 Å². The molecule has 0 saturated heterocycles. The van der Waals surface area contributed by atoms with Crippen molar-refractivity contribution >= 4 is 52.5 Å². The molecule has 2 aromatic rings. The Kier molecular flexibility index (Phi) is 8.54. The molecule has 0 heterocycles. The molecule has 0 saturated carbocycles. The van der Waals surface area contributed by atoms with E-state index >= 15 is 0 Å². The normalized spacial score (nSPS) is 11.7. The van der Waals surface area contributed by atoms with Gasteiger partial charge in [-0.15, -0.1) is 0 Å². The summed E-state index contributed by atoms with van der Waals surface area (Å²) in [6.45, 7) is 6.16. The Labute approximate surface area is 194 Å². The van der Waals surface area contributed by atoms with Gasteiger partial charge in [0.15, 0.2) is 0 Å². The van der Waals surface area contributed by atoms with Crippen LogP contribution >= 0.6 is 35.6 Å². The van der Waals surface area contributed by atoms with Crippen molar-refractivity contribution in [1.82, 2.24) is 0 Å². The molecule has 0 bridgehead atoms. The van der Waals surface area contributed by atoms with Crippen molar-refractivity contribution < 1.29 is 28.3 Å². The molecular formula is C20H21BrClNO7P+. The molecule has 0 radical (unpaired) electrons. The molecule has 0 aromatic heterocycles. The first kappa shape index (κ1) is 25.2. The van der Waals surface area contributed by atoms with Crippen molar-refractivity contribution in [3.8, 4) is 11.5 Å². The first-order valence-corrected chi connectivity index (χ1v) is 11.5. The van der Waals surface area contributed by atoms with Crippen LogP contribution in [0.4, 0.5) is 5.69 Å². The van der Waals surface area contributed by atoms with E-state index in [9.17, 15) is 19.5 Å². The molecule has 0 spiro atoms. The Balaban J connectivity index is 2.34. The molecule has 0 fully saturated rings. The van der Waals surface area contributed by atoms with Crippen LogP contribution in [0, 0.1) is 15.5 Å². The van der Waals surface area contributed by atoms with Crippen LogP contribution in [0.25, 0.3) is 0 Å². The number of halogens is 2. The Morgan fingerprint density at radius 2 is 1.90 bits per heavy atom. The lowest BCUT2D eigenvalue weighted by atomic mass is 9.98. The molecule has 1 unspecified atom stereocenters. The predicted octanol–water partition coefficient (Wildman–Crippen LogP) is 6.30. The quantitative estimate of drug-likeness (QED) is 0.129. The van der Waals surface area contributed by atoms with Gasteiger partial charge < -0.3 is 9.47 Å². The summed E-state index contributed by atoms with van der Waals surface area (Å²) in [5.74, 6) is 0.0289. The number of nitro groups is 1. The zero-order valence-corrected chi connectivity index (χ0v) is 20.5. The number of carbonyl (C=O) groups excluding carboxylic acids is 1. The lowest BCUT2D eigenvalue weighted by Gasteiger charge is -2.14. The van der Waals surface area contributed by atoms with E-state index in [1.807, 2.05) is 0 Å². The van der Waals surface area contributed by atoms with Gasteiger partial charge in [-0.05, 0) is 50.0 Å². The number of carbonyl (C=O) groups is 1. The minimum atomic E-state index is -2.71. The number of hydrogen-bond donors (Lipinski definition) is 0. The van der Waals surface area contributed by atoms with E-state index in [1.165, 1.54) is 12.1 Å². The lowest BCUT2D eigenvalue weighted by molar-refractivity contribution is -0.383. The molecule has 0 aliphatic rings. The van der Waals surface area contributed by atoms with Gasteiger partial charge in [-0.25, -0.2) is 0 Å². The van der Waals surface area contributed by atoms with Crippen molar-refractivity contribution in [2.24, 2.45) is 5.41 Å². The molecule has 0 aliphatic carbocycles. The number of esters is 1. The summed E-state index contributed by atoms with van der Waals surface area (Å²) in [5.41, 5.74) is -0.624. The number of nitrogens with zero attached hydrogens (tertiary/aromatic N) is 1. The topological polar surface area (TPSA) is 105 Å². The van der Waals surface area contributed by atoms with E-state index in [1.54, 1.807) is 45.9 Å². The maximum atomic E-state index is 12.7. The minimum absolute atomic E-state index is 0.188. The van der Waals surface area contributed by atoms with Gasteiger partial charge in [0.25, 0.3) is 0 Å². The van der Waals surface area contributed by atoms with Crippen LogP contribution in [-0.4, -0.2) is 17.7 Å². The summed E-state index contributed by atoms with van der Waals surface area (Å²) < 4.78 is 29.3. The Morgan fingerprint density at radius 1 is 1.23 bits per heavy atom. The van der Waals surface area contributed by atoms with Crippen LogP contribution in [0.2, 0.25) is 5.02 Å². The fourth-order valence-electron chi connectivity index (χ4n) is 2.35. The van der Waals surface area contributed by atoms with E-state index in [0.717, 1.165) is 4.47 Å². The zero-order chi connectivity index (χ0) is 23.3. The zero-order valence-electron chi connectivity index (χ0n) is 17.3. The molecule has 166 valence electrons. The molecule has 1 atom stereocenters. The maximum absolute atomic E-state index is 12.7. The summed E-state index contributed by atoms with van der Waals surface area (Å²) in [7, 11) is -2.71. The van der Waals surface area contributed by atoms with Gasteiger partial charge in [0.1, 0.15) is 11.5 Å². The Hall–Kier alpha value is -2.06. The fourth-order valence-corrected chi connectivity index (χ4v) is 3.91. The van der Waals surface area contributed by atoms with E-state index in [4.69, 9.17) is 25.6 Å². The number of hydrogen-bond acceptors (Lipinski definition) is 7. The highest BCUT2D eigenvalue weighted by Crippen LogP contribution is 2.37. The highest BCUT2D eigenvalue weighted by Gasteiger charge is 2.36. The summed E-state index contributed by atoms with van der Waals surface area (Å²) in [5, 5.41) is 11.7. The van der Waals surface area contributed by atoms with Crippen molar-refractivity contribution in [1.29, 1.82) is 0 Å². The first-order valence-electron chi connectivity index (χ1n) is 9.15. The summed E-state index contributed by atoms with van der Waals surface area (Å²) in [6, 6.07) is 7.58. The number of rotatable bonds is 8. The van der Waals surface area contributed by atoms with Crippen LogP contribution in [-0.2, 0) is 25.0 Å². The molecule has 8 nitrogen and oxygen atoms in total. The van der Waals surface area contributed by atoms with Crippen LogP contribution in [0.15, 0.2) is 34.8 Å². The maximum Gasteiger partial charge on any atom is 0.559 e. The molecule has 31 heavy (non-hydrogen) atoms. The molecule has 0 aliphatic heterocycles. The second kappa shape index (κ2) is 10.5. The third kappa shape index (κ3) is 6.71. The number of aryl methyl sites for hydroxylation is 1. The summed E-state index contributed by atoms with van der Waals surface area (Å²) in [4.78, 5) is 22.7. The van der Waals surface area contributed by atoms with Crippen molar-refractivity contribution in [2.75, 3.05) is 6.79 Å². The van der Waals surface area contributed by atoms with Gasteiger partial charge >= 0.3 is 25.0 Å². The highest BCUT2D eigenvalue weighted by atomic mass is 79.9. The van der Waals surface area contributed by atoms with E-state index in [0.29, 0.717) is 22.8 Å². The van der Waals surface area contributed by atoms with E-state index < -0.39 is 31.1 Å². The van der Waals surface area contributed by atoms with Crippen LogP contribution < -0.4 is 10.0 Å². The van der Waals surface area contributed by atoms with Crippen LogP contribution in [0.3, 0.4) is 0 Å². The first-order chi connectivity index (χ1) is 14.4. The standard InChI is InChI=1S/C20H21BrClNO7P/c1-5-12-8-15(23(25)26)18(31(27)29-11-28-19(24)20(2,3)4)10-17(12)30-16-7-6-13(21)9-14(16)22/h6-10H,5,11H2,1-4H3/q+1.